The Kier molecular flexibility index (Phi) is 4.54. The van der Waals surface area contributed by atoms with E-state index in [0.29, 0.717) is 15.8 Å². The predicted molar refractivity (Wildman–Crippen MR) is 76.9 cm³/mol. The van der Waals surface area contributed by atoms with E-state index in [1.165, 1.54) is 11.3 Å². The van der Waals surface area contributed by atoms with Crippen molar-refractivity contribution < 1.29 is 4.79 Å². The molecule has 2 aliphatic heterocycles. The van der Waals surface area contributed by atoms with Crippen molar-refractivity contribution in [3.05, 3.63) is 21.3 Å². The van der Waals surface area contributed by atoms with Gasteiger partial charge in [0.15, 0.2) is 0 Å². The Morgan fingerprint density at radius 1 is 1.44 bits per heavy atom. The minimum absolute atomic E-state index is 0. The van der Waals surface area contributed by atoms with Crippen molar-refractivity contribution in [3.63, 3.8) is 0 Å². The first-order valence-corrected chi connectivity index (χ1v) is 7.24. The fourth-order valence-corrected chi connectivity index (χ4v) is 3.91. The van der Waals surface area contributed by atoms with E-state index in [1.54, 1.807) is 6.07 Å². The summed E-state index contributed by atoms with van der Waals surface area (Å²) in [6, 6.07) is 1.79. The zero-order valence-corrected chi connectivity index (χ0v) is 12.3. The summed E-state index contributed by atoms with van der Waals surface area (Å²) < 4.78 is 0. The molecule has 18 heavy (non-hydrogen) atoms. The van der Waals surface area contributed by atoms with Crippen LogP contribution in [0.2, 0.25) is 5.02 Å². The molecule has 3 heterocycles. The van der Waals surface area contributed by atoms with Crippen LogP contribution in [0.4, 0.5) is 0 Å². The van der Waals surface area contributed by atoms with Gasteiger partial charge in [0, 0.05) is 13.1 Å². The van der Waals surface area contributed by atoms with Crippen LogP contribution in [0.1, 0.15) is 16.1 Å². The van der Waals surface area contributed by atoms with E-state index in [4.69, 9.17) is 11.6 Å². The highest BCUT2D eigenvalue weighted by atomic mass is 35.5. The first-order chi connectivity index (χ1) is 8.25. The molecule has 0 saturated carbocycles. The zero-order valence-electron chi connectivity index (χ0n) is 9.89. The van der Waals surface area contributed by atoms with Crippen LogP contribution < -0.4 is 5.32 Å². The molecule has 0 radical (unpaired) electrons. The van der Waals surface area contributed by atoms with Crippen molar-refractivity contribution in [1.29, 1.82) is 0 Å². The van der Waals surface area contributed by atoms with Gasteiger partial charge in [0.2, 0.25) is 0 Å². The number of piperidine rings is 1. The molecule has 3 rings (SSSR count). The van der Waals surface area contributed by atoms with Crippen LogP contribution >= 0.6 is 35.3 Å². The van der Waals surface area contributed by atoms with Gasteiger partial charge < -0.3 is 10.2 Å². The van der Waals surface area contributed by atoms with Gasteiger partial charge in [-0.1, -0.05) is 11.6 Å². The van der Waals surface area contributed by atoms with Gasteiger partial charge in [-0.05, 0) is 42.8 Å². The Morgan fingerprint density at radius 2 is 2.22 bits per heavy atom. The average Bonchev–Trinajstić information content (AvgIpc) is 2.95. The molecule has 3 nitrogen and oxygen atoms in total. The summed E-state index contributed by atoms with van der Waals surface area (Å²) in [5.41, 5.74) is 0. The Morgan fingerprint density at radius 3 is 2.94 bits per heavy atom. The number of carbonyl (C=O) groups is 1. The number of nitrogens with zero attached hydrogens (tertiary/aromatic N) is 1. The van der Waals surface area contributed by atoms with Crippen LogP contribution in [-0.2, 0) is 0 Å². The topological polar surface area (TPSA) is 32.3 Å². The molecule has 0 bridgehead atoms. The van der Waals surface area contributed by atoms with Crippen molar-refractivity contribution in [1.82, 2.24) is 10.2 Å². The third kappa shape index (κ3) is 2.52. The number of halogens is 2. The smallest absolute Gasteiger partial charge is 0.265 e. The summed E-state index contributed by atoms with van der Waals surface area (Å²) >= 11 is 7.45. The second-order valence-electron chi connectivity index (χ2n) is 4.82. The van der Waals surface area contributed by atoms with E-state index in [2.05, 4.69) is 5.32 Å². The number of rotatable bonds is 1. The largest absolute Gasteiger partial charge is 0.338 e. The number of likely N-dealkylation sites (tertiary alicyclic amines) is 1. The zero-order chi connectivity index (χ0) is 11.8. The number of hydrogen-bond donors (Lipinski definition) is 1. The molecule has 0 aliphatic carbocycles. The van der Waals surface area contributed by atoms with Crippen LogP contribution in [0.25, 0.3) is 0 Å². The number of fused-ring (bicyclic) bond motifs is 1. The standard InChI is InChI=1S/C12H15ClN2OS.ClH/c13-10-2-4-17-11(10)12(16)15-3-1-8-5-14-6-9(8)7-15;/h2,4,8-9,14H,1,3,5-7H2;1H. The van der Waals surface area contributed by atoms with Gasteiger partial charge in [-0.25, -0.2) is 0 Å². The number of carbonyl (C=O) groups excluding carboxylic acids is 1. The summed E-state index contributed by atoms with van der Waals surface area (Å²) in [6.45, 7) is 3.92. The molecule has 0 aromatic carbocycles. The van der Waals surface area contributed by atoms with E-state index >= 15 is 0 Å². The van der Waals surface area contributed by atoms with E-state index in [9.17, 15) is 4.79 Å². The SMILES string of the molecule is Cl.O=C(c1sccc1Cl)N1CCC2CNCC2C1. The second-order valence-corrected chi connectivity index (χ2v) is 6.14. The second kappa shape index (κ2) is 5.78. The Bertz CT molecular complexity index is 437. The summed E-state index contributed by atoms with van der Waals surface area (Å²) in [5.74, 6) is 1.50. The normalized spacial score (nSPS) is 26.6. The molecule has 1 amide bonds. The number of hydrogen-bond acceptors (Lipinski definition) is 3. The molecule has 1 N–H and O–H groups in total. The van der Waals surface area contributed by atoms with Gasteiger partial charge in [-0.2, -0.15) is 0 Å². The van der Waals surface area contributed by atoms with Gasteiger partial charge >= 0.3 is 0 Å². The maximum Gasteiger partial charge on any atom is 0.265 e. The van der Waals surface area contributed by atoms with Crippen molar-refractivity contribution in [2.75, 3.05) is 26.2 Å². The fourth-order valence-electron chi connectivity index (χ4n) is 2.81. The van der Waals surface area contributed by atoms with Crippen molar-refractivity contribution in [2.45, 2.75) is 6.42 Å². The summed E-state index contributed by atoms with van der Waals surface area (Å²) in [6.07, 6.45) is 1.12. The molecule has 1 aromatic rings. The van der Waals surface area contributed by atoms with Gasteiger partial charge in [0.1, 0.15) is 4.88 Å². The third-order valence-electron chi connectivity index (χ3n) is 3.80. The maximum absolute atomic E-state index is 12.3. The monoisotopic (exact) mass is 306 g/mol. The van der Waals surface area contributed by atoms with Gasteiger partial charge in [-0.15, -0.1) is 23.7 Å². The molecule has 0 spiro atoms. The highest BCUT2D eigenvalue weighted by molar-refractivity contribution is 7.12. The minimum atomic E-state index is 0. The Labute approximate surface area is 122 Å². The van der Waals surface area contributed by atoms with Crippen LogP contribution in [0.5, 0.6) is 0 Å². The fraction of sp³-hybridized carbons (Fsp3) is 0.583. The van der Waals surface area contributed by atoms with Crippen molar-refractivity contribution in [3.8, 4) is 0 Å². The van der Waals surface area contributed by atoms with Crippen LogP contribution in [0.15, 0.2) is 11.4 Å². The lowest BCUT2D eigenvalue weighted by atomic mass is 9.88. The van der Waals surface area contributed by atoms with Gasteiger partial charge in [0.05, 0.1) is 5.02 Å². The summed E-state index contributed by atoms with van der Waals surface area (Å²) in [4.78, 5) is 15.0. The van der Waals surface area contributed by atoms with Crippen molar-refractivity contribution >= 4 is 41.3 Å². The first-order valence-electron chi connectivity index (χ1n) is 5.98. The van der Waals surface area contributed by atoms with Gasteiger partial charge in [0.25, 0.3) is 5.91 Å². The summed E-state index contributed by atoms with van der Waals surface area (Å²) in [5, 5.41) is 5.87. The summed E-state index contributed by atoms with van der Waals surface area (Å²) in [7, 11) is 0. The third-order valence-corrected chi connectivity index (χ3v) is 5.13. The van der Waals surface area contributed by atoms with Crippen LogP contribution in [0, 0.1) is 11.8 Å². The van der Waals surface area contributed by atoms with Crippen LogP contribution in [0.3, 0.4) is 0 Å². The number of nitrogens with one attached hydrogen (secondary N) is 1. The molecular weight excluding hydrogens is 291 g/mol. The lowest BCUT2D eigenvalue weighted by Crippen LogP contribution is -2.43. The highest BCUT2D eigenvalue weighted by Crippen LogP contribution is 2.30. The lowest BCUT2D eigenvalue weighted by molar-refractivity contribution is 0.0647. The van der Waals surface area contributed by atoms with Crippen LogP contribution in [-0.4, -0.2) is 37.0 Å². The van der Waals surface area contributed by atoms with Gasteiger partial charge in [-0.3, -0.25) is 4.79 Å². The predicted octanol–water partition coefficient (Wildman–Crippen LogP) is 2.50. The lowest BCUT2D eigenvalue weighted by Gasteiger charge is -2.34. The van der Waals surface area contributed by atoms with E-state index in [1.807, 2.05) is 10.3 Å². The Hall–Kier alpha value is -0.290. The molecule has 100 valence electrons. The molecule has 2 unspecified atom stereocenters. The van der Waals surface area contributed by atoms with E-state index < -0.39 is 0 Å². The average molecular weight is 307 g/mol. The molecular formula is C12H16Cl2N2OS. The van der Waals surface area contributed by atoms with Crippen molar-refractivity contribution in [2.24, 2.45) is 11.8 Å². The quantitative estimate of drug-likeness (QED) is 0.864. The molecule has 6 heteroatoms. The molecule has 2 fully saturated rings. The maximum atomic E-state index is 12.3. The van der Waals surface area contributed by atoms with E-state index in [-0.39, 0.29) is 18.3 Å². The first kappa shape index (κ1) is 14.1. The number of thiophene rings is 1. The molecule has 1 aromatic heterocycles. The Balaban J connectivity index is 0.00000120. The molecule has 2 aliphatic rings. The van der Waals surface area contributed by atoms with E-state index in [0.717, 1.165) is 38.5 Å². The molecule has 2 saturated heterocycles. The number of amides is 1. The highest BCUT2D eigenvalue weighted by Gasteiger charge is 2.35. The molecule has 2 atom stereocenters. The minimum Gasteiger partial charge on any atom is -0.338 e.